The van der Waals surface area contributed by atoms with Crippen LogP contribution >= 0.6 is 22.7 Å². The van der Waals surface area contributed by atoms with Gasteiger partial charge in [0.25, 0.3) is 0 Å². The average Bonchev–Trinajstić information content (AvgIpc) is 3.24. The van der Waals surface area contributed by atoms with Gasteiger partial charge in [0.15, 0.2) is 5.96 Å². The Bertz CT molecular complexity index is 619. The van der Waals surface area contributed by atoms with E-state index in [-0.39, 0.29) is 0 Å². The van der Waals surface area contributed by atoms with Crippen LogP contribution in [0.2, 0.25) is 0 Å². The van der Waals surface area contributed by atoms with Gasteiger partial charge in [0.05, 0.1) is 11.0 Å². The van der Waals surface area contributed by atoms with Crippen LogP contribution in [-0.4, -0.2) is 50.1 Å². The number of thiophene rings is 1. The number of aryl methyl sites for hydroxylation is 1. The Morgan fingerprint density at radius 1 is 1.38 bits per heavy atom. The fourth-order valence-electron chi connectivity index (χ4n) is 2.35. The largest absolute Gasteiger partial charge is 0.356 e. The summed E-state index contributed by atoms with van der Waals surface area (Å²) in [4.78, 5) is 13.7. The van der Waals surface area contributed by atoms with E-state index in [1.807, 2.05) is 13.2 Å². The highest BCUT2D eigenvalue weighted by atomic mass is 32.1. The lowest BCUT2D eigenvalue weighted by molar-refractivity contribution is 0.302. The predicted molar refractivity (Wildman–Crippen MR) is 105 cm³/mol. The summed E-state index contributed by atoms with van der Waals surface area (Å²) in [6.45, 7) is 3.82. The number of hydrogen-bond acceptors (Lipinski definition) is 5. The Morgan fingerprint density at radius 2 is 2.21 bits per heavy atom. The Balaban J connectivity index is 1.79. The minimum absolute atomic E-state index is 0.342. The molecule has 0 amide bonds. The molecule has 0 spiro atoms. The maximum Gasteiger partial charge on any atom is 0.191 e. The van der Waals surface area contributed by atoms with Gasteiger partial charge >= 0.3 is 0 Å². The molecule has 1 atom stereocenters. The number of guanidine groups is 1. The van der Waals surface area contributed by atoms with Crippen molar-refractivity contribution in [1.29, 1.82) is 0 Å². The van der Waals surface area contributed by atoms with Gasteiger partial charge in [0.2, 0.25) is 0 Å². The van der Waals surface area contributed by atoms with Crippen LogP contribution in [0.15, 0.2) is 28.7 Å². The Labute approximate surface area is 152 Å². The second-order valence-electron chi connectivity index (χ2n) is 5.70. The molecule has 132 valence electrons. The first-order valence-corrected chi connectivity index (χ1v) is 9.91. The number of likely N-dealkylation sites (N-methyl/N-ethyl adjacent to an activating group) is 1. The van der Waals surface area contributed by atoms with E-state index in [9.17, 15) is 0 Å². The van der Waals surface area contributed by atoms with E-state index in [0.717, 1.165) is 31.9 Å². The van der Waals surface area contributed by atoms with E-state index in [2.05, 4.69) is 64.0 Å². The van der Waals surface area contributed by atoms with Crippen LogP contribution in [0.3, 0.4) is 0 Å². The van der Waals surface area contributed by atoms with Crippen LogP contribution in [0.5, 0.6) is 0 Å². The maximum absolute atomic E-state index is 4.45. The van der Waals surface area contributed by atoms with Crippen molar-refractivity contribution < 1.29 is 0 Å². The first kappa shape index (κ1) is 18.9. The third-order valence-electron chi connectivity index (χ3n) is 3.76. The van der Waals surface area contributed by atoms with Gasteiger partial charge in [0.1, 0.15) is 0 Å². The van der Waals surface area contributed by atoms with Crippen LogP contribution in [0, 0.1) is 0 Å². The molecule has 1 unspecified atom stereocenters. The fourth-order valence-corrected chi connectivity index (χ4v) is 4.13. The smallest absolute Gasteiger partial charge is 0.191 e. The molecule has 0 aliphatic rings. The van der Waals surface area contributed by atoms with Crippen molar-refractivity contribution in [2.24, 2.45) is 4.99 Å². The molecule has 0 bridgehead atoms. The van der Waals surface area contributed by atoms with Gasteiger partial charge in [-0.15, -0.1) is 22.7 Å². The number of nitrogens with one attached hydrogen (secondary N) is 2. The van der Waals surface area contributed by atoms with E-state index < -0.39 is 0 Å². The van der Waals surface area contributed by atoms with Crippen molar-refractivity contribution in [3.05, 3.63) is 38.5 Å². The van der Waals surface area contributed by atoms with Crippen LogP contribution in [0.1, 0.15) is 27.7 Å². The van der Waals surface area contributed by atoms with Crippen LogP contribution in [0.4, 0.5) is 0 Å². The summed E-state index contributed by atoms with van der Waals surface area (Å²) in [7, 11) is 6.02. The summed E-state index contributed by atoms with van der Waals surface area (Å²) in [5.41, 5.74) is 0. The van der Waals surface area contributed by atoms with E-state index in [0.29, 0.717) is 6.04 Å². The Hall–Kier alpha value is -1.44. The summed E-state index contributed by atoms with van der Waals surface area (Å²) in [6, 6.07) is 4.62. The van der Waals surface area contributed by atoms with Gasteiger partial charge in [-0.1, -0.05) is 13.0 Å². The monoisotopic (exact) mass is 365 g/mol. The van der Waals surface area contributed by atoms with Crippen molar-refractivity contribution in [1.82, 2.24) is 20.5 Å². The molecule has 0 aromatic carbocycles. The molecule has 2 aromatic heterocycles. The van der Waals surface area contributed by atoms with Crippen molar-refractivity contribution in [3.8, 4) is 0 Å². The summed E-state index contributed by atoms with van der Waals surface area (Å²) in [5, 5.41) is 10.1. The number of nitrogens with zero attached hydrogens (tertiary/aromatic N) is 3. The number of thiazole rings is 1. The summed E-state index contributed by atoms with van der Waals surface area (Å²) in [5.74, 6) is 0.839. The molecule has 0 saturated carbocycles. The highest BCUT2D eigenvalue weighted by Crippen LogP contribution is 2.22. The Morgan fingerprint density at radius 3 is 2.79 bits per heavy atom. The summed E-state index contributed by atoms with van der Waals surface area (Å²) < 4.78 is 0. The van der Waals surface area contributed by atoms with Crippen molar-refractivity contribution in [3.63, 3.8) is 0 Å². The highest BCUT2D eigenvalue weighted by molar-refractivity contribution is 7.11. The number of rotatable bonds is 8. The predicted octanol–water partition coefficient (Wildman–Crippen LogP) is 2.78. The second kappa shape index (κ2) is 9.76. The molecular weight excluding hydrogens is 338 g/mol. The molecule has 0 radical (unpaired) electrons. The third kappa shape index (κ3) is 5.58. The van der Waals surface area contributed by atoms with Crippen LogP contribution in [0.25, 0.3) is 0 Å². The number of aliphatic imine (C=N–C) groups is 1. The second-order valence-corrected chi connectivity index (χ2v) is 7.88. The third-order valence-corrected chi connectivity index (χ3v) is 5.94. The molecule has 2 rings (SSSR count). The van der Waals surface area contributed by atoms with Gasteiger partial charge < -0.3 is 15.5 Å². The molecule has 24 heavy (non-hydrogen) atoms. The molecule has 0 aliphatic carbocycles. The van der Waals surface area contributed by atoms with Crippen molar-refractivity contribution in [2.45, 2.75) is 25.8 Å². The molecule has 0 saturated heterocycles. The SMILES string of the molecule is CCc1cnc(CCNC(=NC)NCC(c2cccs2)N(C)C)s1. The van der Waals surface area contributed by atoms with Crippen molar-refractivity contribution >= 4 is 28.6 Å². The van der Waals surface area contributed by atoms with E-state index in [1.54, 1.807) is 22.7 Å². The molecular formula is C17H27N5S2. The fraction of sp³-hybridized carbons (Fsp3) is 0.529. The van der Waals surface area contributed by atoms with Gasteiger partial charge in [-0.25, -0.2) is 4.98 Å². The first-order chi connectivity index (χ1) is 11.6. The van der Waals surface area contributed by atoms with Crippen LogP contribution in [-0.2, 0) is 12.8 Å². The van der Waals surface area contributed by atoms with Crippen molar-refractivity contribution in [2.75, 3.05) is 34.2 Å². The molecule has 5 nitrogen and oxygen atoms in total. The lowest BCUT2D eigenvalue weighted by atomic mass is 10.2. The highest BCUT2D eigenvalue weighted by Gasteiger charge is 2.15. The van der Waals surface area contributed by atoms with E-state index in [1.165, 1.54) is 14.8 Å². The Kier molecular flexibility index (Phi) is 7.68. The molecule has 0 aliphatic heterocycles. The lowest BCUT2D eigenvalue weighted by Crippen LogP contribution is -2.42. The topological polar surface area (TPSA) is 52.6 Å². The molecule has 7 heteroatoms. The minimum Gasteiger partial charge on any atom is -0.356 e. The molecule has 2 heterocycles. The molecule has 2 aromatic rings. The number of aromatic nitrogens is 1. The standard InChI is InChI=1S/C17H27N5S2/c1-5-13-11-20-16(24-13)8-9-19-17(18-2)21-12-14(22(3)4)15-7-6-10-23-15/h6-7,10-11,14H,5,8-9,12H2,1-4H3,(H2,18,19,21). The maximum atomic E-state index is 4.45. The van der Waals surface area contributed by atoms with Gasteiger partial charge in [-0.2, -0.15) is 0 Å². The quantitative estimate of drug-likeness (QED) is 0.558. The zero-order chi connectivity index (χ0) is 17.4. The normalized spacial score (nSPS) is 13.3. The van der Waals surface area contributed by atoms with Gasteiger partial charge in [-0.05, 0) is 32.0 Å². The number of hydrogen-bond donors (Lipinski definition) is 2. The summed E-state index contributed by atoms with van der Waals surface area (Å²) in [6.07, 6.45) is 3.96. The van der Waals surface area contributed by atoms with Gasteiger partial charge in [-0.3, -0.25) is 4.99 Å². The van der Waals surface area contributed by atoms with Crippen LogP contribution < -0.4 is 10.6 Å². The zero-order valence-corrected chi connectivity index (χ0v) is 16.5. The molecule has 2 N–H and O–H groups in total. The minimum atomic E-state index is 0.342. The van der Waals surface area contributed by atoms with E-state index in [4.69, 9.17) is 0 Å². The average molecular weight is 366 g/mol. The van der Waals surface area contributed by atoms with Gasteiger partial charge in [0, 0.05) is 42.5 Å². The zero-order valence-electron chi connectivity index (χ0n) is 14.9. The summed E-state index contributed by atoms with van der Waals surface area (Å²) >= 11 is 3.59. The van der Waals surface area contributed by atoms with E-state index >= 15 is 0 Å². The molecule has 0 fully saturated rings. The first-order valence-electron chi connectivity index (χ1n) is 8.22. The lowest BCUT2D eigenvalue weighted by Gasteiger charge is -2.24.